The molecule has 2 heterocycles. The van der Waals surface area contributed by atoms with Gasteiger partial charge in [0.2, 0.25) is 0 Å². The summed E-state index contributed by atoms with van der Waals surface area (Å²) in [7, 11) is 0. The predicted octanol–water partition coefficient (Wildman–Crippen LogP) is 2.21. The second-order valence-corrected chi connectivity index (χ2v) is 5.98. The summed E-state index contributed by atoms with van der Waals surface area (Å²) in [5.74, 6) is 3.96. The maximum atomic E-state index is 4.93. The molecule has 0 N–H and O–H groups in total. The molecule has 2 aliphatic heterocycles. The summed E-state index contributed by atoms with van der Waals surface area (Å²) in [6.45, 7) is 1.00. The zero-order chi connectivity index (χ0) is 8.81. The molecule has 0 saturated carbocycles. The fraction of sp³-hybridized carbons (Fsp3) is 1.00. The first-order valence-electron chi connectivity index (χ1n) is 4.08. The first kappa shape index (κ1) is 11.1. The van der Waals surface area contributed by atoms with Crippen LogP contribution in [0.4, 0.5) is 0 Å². The highest BCUT2D eigenvalue weighted by molar-refractivity contribution is 8.08. The van der Waals surface area contributed by atoms with Gasteiger partial charge in [-0.3, -0.25) is 0 Å². The Morgan fingerprint density at radius 3 is 2.08 bits per heavy atom. The monoisotopic (exact) mass is 224 g/mol. The molecule has 2 saturated heterocycles. The summed E-state index contributed by atoms with van der Waals surface area (Å²) in [6.07, 6.45) is 4.88. The molecule has 0 aromatic rings. The molecule has 2 rings (SSSR count). The van der Waals surface area contributed by atoms with Gasteiger partial charge in [-0.2, -0.15) is 35.3 Å². The van der Waals surface area contributed by atoms with Crippen molar-refractivity contribution in [2.45, 2.75) is 11.4 Å². The first-order valence-corrected chi connectivity index (χ1v) is 7.91. The van der Waals surface area contributed by atoms with Crippen LogP contribution < -0.4 is 0 Å². The topological polar surface area (TPSA) is 12.5 Å². The molecule has 0 bridgehead atoms. The summed E-state index contributed by atoms with van der Waals surface area (Å²) >= 11 is 5.87. The minimum absolute atomic E-state index is 0.611. The molecule has 12 heavy (non-hydrogen) atoms. The van der Waals surface area contributed by atoms with Gasteiger partial charge in [0, 0.05) is 22.5 Å². The Balaban J connectivity index is 0.000000120. The quantitative estimate of drug-likeness (QED) is 0.679. The van der Waals surface area contributed by atoms with E-state index in [1.807, 2.05) is 23.5 Å². The van der Waals surface area contributed by atoms with Gasteiger partial charge in [0.15, 0.2) is 0 Å². The van der Waals surface area contributed by atoms with E-state index in [4.69, 9.17) is 4.74 Å². The molecule has 4 heteroatoms. The fourth-order valence-electron chi connectivity index (χ4n) is 0.700. The SMILES string of the molecule is CSCC1CO1.CSCC1CS1. The van der Waals surface area contributed by atoms with Crippen LogP contribution in [-0.2, 0) is 4.74 Å². The lowest BCUT2D eigenvalue weighted by Gasteiger charge is -1.81. The van der Waals surface area contributed by atoms with Gasteiger partial charge in [0.25, 0.3) is 0 Å². The van der Waals surface area contributed by atoms with Crippen LogP contribution in [0.3, 0.4) is 0 Å². The fourth-order valence-corrected chi connectivity index (χ4v) is 2.95. The minimum Gasteiger partial charge on any atom is -0.372 e. The predicted molar refractivity (Wildman–Crippen MR) is 62.8 cm³/mol. The van der Waals surface area contributed by atoms with Crippen LogP contribution in [0.1, 0.15) is 0 Å². The largest absolute Gasteiger partial charge is 0.372 e. The van der Waals surface area contributed by atoms with Crippen molar-refractivity contribution >= 4 is 35.3 Å². The van der Waals surface area contributed by atoms with Crippen molar-refractivity contribution < 1.29 is 4.74 Å². The third-order valence-corrected chi connectivity index (χ3v) is 4.13. The molecule has 0 spiro atoms. The Bertz CT molecular complexity index is 98.9. The van der Waals surface area contributed by atoms with Crippen molar-refractivity contribution in [1.29, 1.82) is 0 Å². The molecule has 72 valence electrons. The molecule has 0 aromatic carbocycles. The van der Waals surface area contributed by atoms with E-state index in [0.717, 1.165) is 11.9 Å². The van der Waals surface area contributed by atoms with Gasteiger partial charge < -0.3 is 4.74 Å². The Kier molecular flexibility index (Phi) is 5.97. The van der Waals surface area contributed by atoms with E-state index < -0.39 is 0 Å². The number of hydrogen-bond donors (Lipinski definition) is 0. The Morgan fingerprint density at radius 1 is 1.33 bits per heavy atom. The van der Waals surface area contributed by atoms with Gasteiger partial charge in [-0.25, -0.2) is 0 Å². The number of thioether (sulfide) groups is 3. The zero-order valence-electron chi connectivity index (χ0n) is 7.62. The van der Waals surface area contributed by atoms with Gasteiger partial charge >= 0.3 is 0 Å². The molecule has 2 atom stereocenters. The molecule has 0 aromatic heterocycles. The van der Waals surface area contributed by atoms with E-state index in [9.17, 15) is 0 Å². The number of ether oxygens (including phenoxy) is 1. The number of hydrogen-bond acceptors (Lipinski definition) is 4. The summed E-state index contributed by atoms with van der Waals surface area (Å²) < 4.78 is 4.93. The zero-order valence-corrected chi connectivity index (χ0v) is 10.1. The summed E-state index contributed by atoms with van der Waals surface area (Å²) in [4.78, 5) is 0. The number of rotatable bonds is 4. The highest BCUT2D eigenvalue weighted by Crippen LogP contribution is 2.31. The van der Waals surface area contributed by atoms with Gasteiger partial charge in [-0.05, 0) is 12.5 Å². The summed E-state index contributed by atoms with van der Waals surface area (Å²) in [6, 6.07) is 0. The second-order valence-electron chi connectivity index (χ2n) is 2.82. The molecular weight excluding hydrogens is 208 g/mol. The van der Waals surface area contributed by atoms with Gasteiger partial charge in [0.05, 0.1) is 12.7 Å². The third-order valence-electron chi connectivity index (χ3n) is 1.51. The molecule has 2 aliphatic rings. The van der Waals surface area contributed by atoms with Crippen molar-refractivity contribution in [3.05, 3.63) is 0 Å². The maximum absolute atomic E-state index is 4.93. The van der Waals surface area contributed by atoms with Crippen molar-refractivity contribution in [3.63, 3.8) is 0 Å². The molecule has 2 fully saturated rings. The number of epoxide rings is 1. The van der Waals surface area contributed by atoms with Crippen molar-refractivity contribution in [2.75, 3.05) is 36.4 Å². The molecular formula is C8H16OS3. The standard InChI is InChI=1S/C4H8OS.C4H8S2/c1-6-3-4-2-5-4;1-5-2-4-3-6-4/h2*4H,2-3H2,1H3. The average Bonchev–Trinajstić information content (AvgIpc) is 2.81. The van der Waals surface area contributed by atoms with E-state index in [0.29, 0.717) is 6.10 Å². The van der Waals surface area contributed by atoms with Gasteiger partial charge in [-0.15, -0.1) is 0 Å². The Hall–Kier alpha value is 1.01. The van der Waals surface area contributed by atoms with E-state index in [1.165, 1.54) is 17.3 Å². The summed E-state index contributed by atoms with van der Waals surface area (Å²) in [5.41, 5.74) is 0. The molecule has 0 aliphatic carbocycles. The normalized spacial score (nSPS) is 30.5. The molecule has 1 nitrogen and oxygen atoms in total. The maximum Gasteiger partial charge on any atom is 0.0899 e. The van der Waals surface area contributed by atoms with E-state index in [-0.39, 0.29) is 0 Å². The van der Waals surface area contributed by atoms with Crippen molar-refractivity contribution in [1.82, 2.24) is 0 Å². The lowest BCUT2D eigenvalue weighted by molar-refractivity contribution is 0.426. The van der Waals surface area contributed by atoms with Crippen LogP contribution in [0.25, 0.3) is 0 Å². The van der Waals surface area contributed by atoms with Crippen LogP contribution in [-0.4, -0.2) is 47.7 Å². The lowest BCUT2D eigenvalue weighted by atomic mass is 10.6. The molecule has 2 unspecified atom stereocenters. The second kappa shape index (κ2) is 6.46. The van der Waals surface area contributed by atoms with Gasteiger partial charge in [-0.1, -0.05) is 0 Å². The Labute approximate surface area is 87.8 Å². The Morgan fingerprint density at radius 2 is 1.92 bits per heavy atom. The van der Waals surface area contributed by atoms with Gasteiger partial charge in [0.1, 0.15) is 0 Å². The van der Waals surface area contributed by atoms with Crippen LogP contribution in [0.5, 0.6) is 0 Å². The highest BCUT2D eigenvalue weighted by Gasteiger charge is 2.20. The van der Waals surface area contributed by atoms with Crippen LogP contribution in [0, 0.1) is 0 Å². The first-order chi connectivity index (χ1) is 5.86. The minimum atomic E-state index is 0.611. The lowest BCUT2D eigenvalue weighted by Crippen LogP contribution is -1.84. The highest BCUT2D eigenvalue weighted by atomic mass is 32.2. The van der Waals surface area contributed by atoms with Crippen LogP contribution in [0.2, 0.25) is 0 Å². The third kappa shape index (κ3) is 6.52. The summed E-state index contributed by atoms with van der Waals surface area (Å²) in [5, 5.41) is 1.03. The van der Waals surface area contributed by atoms with Crippen molar-refractivity contribution in [2.24, 2.45) is 0 Å². The van der Waals surface area contributed by atoms with E-state index in [2.05, 4.69) is 24.3 Å². The van der Waals surface area contributed by atoms with E-state index >= 15 is 0 Å². The van der Waals surface area contributed by atoms with E-state index in [1.54, 1.807) is 0 Å². The van der Waals surface area contributed by atoms with Crippen molar-refractivity contribution in [3.8, 4) is 0 Å². The average molecular weight is 224 g/mol. The van der Waals surface area contributed by atoms with Crippen LogP contribution in [0.15, 0.2) is 0 Å². The molecule has 0 amide bonds. The smallest absolute Gasteiger partial charge is 0.0899 e. The molecule has 0 radical (unpaired) electrons. The van der Waals surface area contributed by atoms with Crippen LogP contribution >= 0.6 is 35.3 Å².